The van der Waals surface area contributed by atoms with Crippen LogP contribution in [-0.2, 0) is 14.8 Å². The first kappa shape index (κ1) is 20.2. The predicted octanol–water partition coefficient (Wildman–Crippen LogP) is 1.77. The molecular weight excluding hydrogens is 364 g/mol. The van der Waals surface area contributed by atoms with Crippen LogP contribution in [0.3, 0.4) is 0 Å². The molecule has 0 aromatic carbocycles. The molecule has 148 valence electrons. The molecule has 2 saturated heterocycles. The molecule has 3 heterocycles. The molecule has 2 aliphatic rings. The van der Waals surface area contributed by atoms with Gasteiger partial charge in [-0.15, -0.1) is 0 Å². The SMILES string of the molecule is Cc1ncc(S(=O)(=O)N2CCC(CN3CC(C)OC(C)C3)CC2)cc1C#N. The Labute approximate surface area is 162 Å². The summed E-state index contributed by atoms with van der Waals surface area (Å²) in [5.41, 5.74) is 0.852. The third-order valence-corrected chi connectivity index (χ3v) is 7.27. The fourth-order valence-electron chi connectivity index (χ4n) is 4.05. The van der Waals surface area contributed by atoms with E-state index in [4.69, 9.17) is 10.00 Å². The van der Waals surface area contributed by atoms with E-state index in [1.165, 1.54) is 16.6 Å². The predicted molar refractivity (Wildman–Crippen MR) is 102 cm³/mol. The molecule has 7 nitrogen and oxygen atoms in total. The zero-order valence-corrected chi connectivity index (χ0v) is 17.1. The van der Waals surface area contributed by atoms with Crippen LogP contribution in [-0.4, -0.2) is 67.5 Å². The number of sulfonamides is 1. The van der Waals surface area contributed by atoms with Crippen LogP contribution in [0.5, 0.6) is 0 Å². The van der Waals surface area contributed by atoms with Crippen molar-refractivity contribution in [1.29, 1.82) is 5.26 Å². The smallest absolute Gasteiger partial charge is 0.244 e. The number of rotatable bonds is 4. The summed E-state index contributed by atoms with van der Waals surface area (Å²) in [6.45, 7) is 9.80. The van der Waals surface area contributed by atoms with Crippen LogP contribution in [0.2, 0.25) is 0 Å². The Balaban J connectivity index is 1.61. The molecule has 27 heavy (non-hydrogen) atoms. The van der Waals surface area contributed by atoms with Gasteiger partial charge in [0.2, 0.25) is 10.0 Å². The fourth-order valence-corrected chi connectivity index (χ4v) is 5.49. The summed E-state index contributed by atoms with van der Waals surface area (Å²) in [6, 6.07) is 3.44. The molecule has 0 bridgehead atoms. The number of nitrogens with zero attached hydrogens (tertiary/aromatic N) is 4. The number of piperidine rings is 1. The minimum absolute atomic E-state index is 0.110. The maximum Gasteiger partial charge on any atom is 0.244 e. The summed E-state index contributed by atoms with van der Waals surface area (Å²) in [7, 11) is -3.60. The van der Waals surface area contributed by atoms with Crippen LogP contribution in [0.15, 0.2) is 17.2 Å². The Hall–Kier alpha value is -1.53. The summed E-state index contributed by atoms with van der Waals surface area (Å²) < 4.78 is 33.1. The van der Waals surface area contributed by atoms with E-state index in [2.05, 4.69) is 23.7 Å². The second kappa shape index (κ2) is 8.23. The minimum atomic E-state index is -3.60. The van der Waals surface area contributed by atoms with Crippen LogP contribution < -0.4 is 0 Å². The lowest BCUT2D eigenvalue weighted by atomic mass is 9.97. The largest absolute Gasteiger partial charge is 0.373 e. The quantitative estimate of drug-likeness (QED) is 0.776. The molecule has 2 fully saturated rings. The lowest BCUT2D eigenvalue weighted by molar-refractivity contribution is -0.0726. The highest BCUT2D eigenvalue weighted by Crippen LogP contribution is 2.26. The number of hydrogen-bond donors (Lipinski definition) is 0. The van der Waals surface area contributed by atoms with Crippen molar-refractivity contribution >= 4 is 10.0 Å². The molecule has 0 saturated carbocycles. The highest BCUT2D eigenvalue weighted by atomic mass is 32.2. The van der Waals surface area contributed by atoms with Crippen molar-refractivity contribution in [3.63, 3.8) is 0 Å². The molecule has 2 atom stereocenters. The second-order valence-electron chi connectivity index (χ2n) is 7.74. The average molecular weight is 393 g/mol. The molecule has 0 amide bonds. The summed E-state index contributed by atoms with van der Waals surface area (Å²) >= 11 is 0. The zero-order chi connectivity index (χ0) is 19.6. The monoisotopic (exact) mass is 392 g/mol. The van der Waals surface area contributed by atoms with Crippen molar-refractivity contribution in [2.45, 2.75) is 50.7 Å². The summed E-state index contributed by atoms with van der Waals surface area (Å²) in [6.07, 6.45) is 3.55. The highest BCUT2D eigenvalue weighted by molar-refractivity contribution is 7.89. The van der Waals surface area contributed by atoms with Gasteiger partial charge in [-0.25, -0.2) is 8.42 Å². The maximum atomic E-state index is 12.9. The lowest BCUT2D eigenvalue weighted by Gasteiger charge is -2.39. The Kier molecular flexibility index (Phi) is 6.16. The lowest BCUT2D eigenvalue weighted by Crippen LogP contribution is -2.48. The van der Waals surface area contributed by atoms with Gasteiger partial charge in [-0.05, 0) is 45.6 Å². The van der Waals surface area contributed by atoms with E-state index in [1.807, 2.05) is 6.07 Å². The van der Waals surface area contributed by atoms with Gasteiger partial charge in [0.05, 0.1) is 23.5 Å². The number of aryl methyl sites for hydroxylation is 1. The number of pyridine rings is 1. The molecule has 0 N–H and O–H groups in total. The first-order chi connectivity index (χ1) is 12.8. The Morgan fingerprint density at radius 1 is 1.26 bits per heavy atom. The molecule has 0 spiro atoms. The summed E-state index contributed by atoms with van der Waals surface area (Å²) in [5.74, 6) is 0.500. The average Bonchev–Trinajstić information content (AvgIpc) is 2.61. The molecule has 8 heteroatoms. The van der Waals surface area contributed by atoms with Crippen molar-refractivity contribution < 1.29 is 13.2 Å². The molecule has 0 aliphatic carbocycles. The number of hydrogen-bond acceptors (Lipinski definition) is 6. The highest BCUT2D eigenvalue weighted by Gasteiger charge is 2.32. The van der Waals surface area contributed by atoms with Crippen molar-refractivity contribution in [2.75, 3.05) is 32.7 Å². The van der Waals surface area contributed by atoms with Gasteiger partial charge in [-0.2, -0.15) is 9.57 Å². The summed E-state index contributed by atoms with van der Waals surface area (Å²) in [5, 5.41) is 9.13. The van der Waals surface area contributed by atoms with Gasteiger partial charge in [-0.3, -0.25) is 9.88 Å². The van der Waals surface area contributed by atoms with Gasteiger partial charge in [-0.1, -0.05) is 0 Å². The van der Waals surface area contributed by atoms with Crippen LogP contribution in [0.4, 0.5) is 0 Å². The minimum Gasteiger partial charge on any atom is -0.373 e. The Morgan fingerprint density at radius 3 is 2.48 bits per heavy atom. The van der Waals surface area contributed by atoms with Gasteiger partial charge in [0.1, 0.15) is 11.0 Å². The van der Waals surface area contributed by atoms with Crippen molar-refractivity contribution in [2.24, 2.45) is 5.92 Å². The first-order valence-corrected chi connectivity index (χ1v) is 11.0. The topological polar surface area (TPSA) is 86.5 Å². The van der Waals surface area contributed by atoms with Gasteiger partial charge in [0.25, 0.3) is 0 Å². The van der Waals surface area contributed by atoms with Gasteiger partial charge >= 0.3 is 0 Å². The summed E-state index contributed by atoms with van der Waals surface area (Å²) in [4.78, 5) is 6.62. The molecule has 3 rings (SSSR count). The number of nitriles is 1. The molecule has 0 radical (unpaired) electrons. The standard InChI is InChI=1S/C19H28N4O3S/c1-14-11-22(12-15(2)26-14)13-17-4-6-23(7-5-17)27(24,25)19-8-18(9-20)16(3)21-10-19/h8,10,14-15,17H,4-7,11-13H2,1-3H3. The van der Waals surface area contributed by atoms with Crippen molar-refractivity contribution in [3.05, 3.63) is 23.5 Å². The molecule has 2 unspecified atom stereocenters. The van der Waals surface area contributed by atoms with Crippen LogP contribution >= 0.6 is 0 Å². The van der Waals surface area contributed by atoms with E-state index < -0.39 is 10.0 Å². The van der Waals surface area contributed by atoms with E-state index in [-0.39, 0.29) is 17.1 Å². The third-order valence-electron chi connectivity index (χ3n) is 5.41. The van der Waals surface area contributed by atoms with Gasteiger partial charge < -0.3 is 4.74 Å². The number of aromatic nitrogens is 1. The Morgan fingerprint density at radius 2 is 1.89 bits per heavy atom. The normalized spacial score (nSPS) is 26.0. The van der Waals surface area contributed by atoms with Crippen molar-refractivity contribution in [1.82, 2.24) is 14.2 Å². The Bertz CT molecular complexity index is 803. The van der Waals surface area contributed by atoms with Gasteiger partial charge in [0.15, 0.2) is 0 Å². The van der Waals surface area contributed by atoms with E-state index in [0.29, 0.717) is 30.3 Å². The van der Waals surface area contributed by atoms with E-state index in [1.54, 1.807) is 6.92 Å². The zero-order valence-electron chi connectivity index (χ0n) is 16.3. The molecule has 1 aromatic rings. The fraction of sp³-hybridized carbons (Fsp3) is 0.684. The van der Waals surface area contributed by atoms with Gasteiger partial charge in [0, 0.05) is 38.9 Å². The molecule has 1 aromatic heterocycles. The van der Waals surface area contributed by atoms with E-state index in [0.717, 1.165) is 32.5 Å². The van der Waals surface area contributed by atoms with Crippen LogP contribution in [0.25, 0.3) is 0 Å². The third kappa shape index (κ3) is 4.66. The second-order valence-corrected chi connectivity index (χ2v) is 9.68. The van der Waals surface area contributed by atoms with E-state index in [9.17, 15) is 8.42 Å². The molecular formula is C19H28N4O3S. The van der Waals surface area contributed by atoms with Crippen LogP contribution in [0.1, 0.15) is 37.9 Å². The number of morpholine rings is 1. The van der Waals surface area contributed by atoms with Crippen molar-refractivity contribution in [3.8, 4) is 6.07 Å². The van der Waals surface area contributed by atoms with Crippen LogP contribution in [0, 0.1) is 24.2 Å². The first-order valence-electron chi connectivity index (χ1n) is 9.54. The maximum absolute atomic E-state index is 12.9. The van der Waals surface area contributed by atoms with E-state index >= 15 is 0 Å². The molecule has 2 aliphatic heterocycles. The number of ether oxygens (including phenoxy) is 1.